The van der Waals surface area contributed by atoms with Gasteiger partial charge < -0.3 is 20.1 Å². The van der Waals surface area contributed by atoms with Crippen LogP contribution in [0.15, 0.2) is 18.2 Å². The highest BCUT2D eigenvalue weighted by Gasteiger charge is 2.26. The van der Waals surface area contributed by atoms with E-state index in [0.29, 0.717) is 6.04 Å². The number of benzene rings is 1. The number of piperidine rings is 1. The summed E-state index contributed by atoms with van der Waals surface area (Å²) in [7, 11) is 1.64. The second-order valence-electron chi connectivity index (χ2n) is 6.93. The zero-order valence-corrected chi connectivity index (χ0v) is 14.3. The van der Waals surface area contributed by atoms with Gasteiger partial charge in [-0.3, -0.25) is 0 Å². The zero-order valence-electron chi connectivity index (χ0n) is 14.3. The highest BCUT2D eigenvalue weighted by Crippen LogP contribution is 2.27. The van der Waals surface area contributed by atoms with E-state index in [0.717, 1.165) is 23.0 Å². The van der Waals surface area contributed by atoms with Crippen LogP contribution in [0.2, 0.25) is 0 Å². The molecule has 23 heavy (non-hydrogen) atoms. The first-order valence-electron chi connectivity index (χ1n) is 9.08. The minimum Gasteiger partial charge on any atom is -0.496 e. The van der Waals surface area contributed by atoms with Gasteiger partial charge in [0.2, 0.25) is 0 Å². The quantitative estimate of drug-likeness (QED) is 0.873. The summed E-state index contributed by atoms with van der Waals surface area (Å²) in [6, 6.07) is 7.37. The van der Waals surface area contributed by atoms with Crippen LogP contribution in [-0.2, 0) is 6.61 Å². The van der Waals surface area contributed by atoms with E-state index in [1.807, 2.05) is 18.2 Å². The van der Waals surface area contributed by atoms with Gasteiger partial charge in [0.05, 0.1) is 13.7 Å². The van der Waals surface area contributed by atoms with Gasteiger partial charge in [0.25, 0.3) is 0 Å². The molecule has 2 fully saturated rings. The van der Waals surface area contributed by atoms with Crippen molar-refractivity contribution in [1.29, 1.82) is 0 Å². The fourth-order valence-corrected chi connectivity index (χ4v) is 4.08. The number of nitrogens with one attached hydrogen (secondary N) is 1. The van der Waals surface area contributed by atoms with Crippen molar-refractivity contribution in [1.82, 2.24) is 4.90 Å². The van der Waals surface area contributed by atoms with Crippen LogP contribution in [0.3, 0.4) is 0 Å². The van der Waals surface area contributed by atoms with E-state index in [9.17, 15) is 5.11 Å². The molecule has 1 aliphatic carbocycles. The number of nitrogens with zero attached hydrogens (tertiary/aromatic N) is 1. The molecule has 1 saturated carbocycles. The maximum absolute atomic E-state index is 9.44. The molecule has 1 aliphatic heterocycles. The van der Waals surface area contributed by atoms with Gasteiger partial charge in [0.15, 0.2) is 0 Å². The second kappa shape index (κ2) is 8.02. The molecule has 4 nitrogen and oxygen atoms in total. The van der Waals surface area contributed by atoms with Crippen LogP contribution in [-0.4, -0.2) is 42.3 Å². The maximum Gasteiger partial charge on any atom is 0.124 e. The average Bonchev–Trinajstić information content (AvgIpc) is 2.63. The molecule has 2 N–H and O–H groups in total. The Morgan fingerprint density at radius 1 is 1.13 bits per heavy atom. The van der Waals surface area contributed by atoms with Crippen molar-refractivity contribution in [2.75, 3.05) is 25.5 Å². The van der Waals surface area contributed by atoms with E-state index >= 15 is 0 Å². The van der Waals surface area contributed by atoms with Gasteiger partial charge >= 0.3 is 0 Å². The van der Waals surface area contributed by atoms with Crippen LogP contribution in [0.4, 0.5) is 5.69 Å². The molecule has 4 heteroatoms. The SMILES string of the molecule is COc1ccc(NC2CCN(C3CCCCC3)CC2)cc1CO. The Balaban J connectivity index is 1.52. The molecule has 0 spiro atoms. The molecule has 128 valence electrons. The van der Waals surface area contributed by atoms with Gasteiger partial charge in [-0.15, -0.1) is 0 Å². The first kappa shape index (κ1) is 16.6. The zero-order chi connectivity index (χ0) is 16.1. The van der Waals surface area contributed by atoms with Crippen molar-refractivity contribution in [2.45, 2.75) is 63.6 Å². The van der Waals surface area contributed by atoms with Crippen LogP contribution in [0.1, 0.15) is 50.5 Å². The minimum atomic E-state index is 0.0127. The molecule has 1 heterocycles. The maximum atomic E-state index is 9.44. The third-order valence-electron chi connectivity index (χ3n) is 5.44. The fourth-order valence-electron chi connectivity index (χ4n) is 4.08. The van der Waals surface area contributed by atoms with Crippen LogP contribution in [0, 0.1) is 0 Å². The Morgan fingerprint density at radius 3 is 2.52 bits per heavy atom. The average molecular weight is 318 g/mol. The Kier molecular flexibility index (Phi) is 5.79. The normalized spacial score (nSPS) is 21.3. The van der Waals surface area contributed by atoms with Crippen molar-refractivity contribution < 1.29 is 9.84 Å². The van der Waals surface area contributed by atoms with Crippen molar-refractivity contribution in [3.63, 3.8) is 0 Å². The van der Waals surface area contributed by atoms with E-state index < -0.39 is 0 Å². The molecule has 1 aromatic carbocycles. The number of aliphatic hydroxyl groups is 1. The summed E-state index contributed by atoms with van der Waals surface area (Å²) in [5.41, 5.74) is 1.93. The molecular weight excluding hydrogens is 288 g/mol. The van der Waals surface area contributed by atoms with Gasteiger partial charge in [-0.05, 0) is 43.9 Å². The number of anilines is 1. The summed E-state index contributed by atoms with van der Waals surface area (Å²) in [5, 5.41) is 13.1. The van der Waals surface area contributed by atoms with Gasteiger partial charge in [0.1, 0.15) is 5.75 Å². The van der Waals surface area contributed by atoms with Gasteiger partial charge in [-0.1, -0.05) is 19.3 Å². The van der Waals surface area contributed by atoms with E-state index in [4.69, 9.17) is 4.74 Å². The van der Waals surface area contributed by atoms with E-state index in [1.165, 1.54) is 58.0 Å². The van der Waals surface area contributed by atoms with Crippen LogP contribution >= 0.6 is 0 Å². The Hall–Kier alpha value is -1.26. The lowest BCUT2D eigenvalue weighted by molar-refractivity contribution is 0.126. The molecular formula is C19H30N2O2. The molecule has 1 saturated heterocycles. The largest absolute Gasteiger partial charge is 0.496 e. The molecule has 3 rings (SSSR count). The number of methoxy groups -OCH3 is 1. The highest BCUT2D eigenvalue weighted by atomic mass is 16.5. The summed E-state index contributed by atoms with van der Waals surface area (Å²) in [5.74, 6) is 0.755. The van der Waals surface area contributed by atoms with E-state index in [1.54, 1.807) is 7.11 Å². The molecule has 0 atom stereocenters. The van der Waals surface area contributed by atoms with Crippen LogP contribution in [0.5, 0.6) is 5.75 Å². The van der Waals surface area contributed by atoms with E-state index in [2.05, 4.69) is 10.2 Å². The highest BCUT2D eigenvalue weighted by molar-refractivity contribution is 5.51. The third kappa shape index (κ3) is 4.18. The Bertz CT molecular complexity index is 492. The lowest BCUT2D eigenvalue weighted by atomic mass is 9.92. The number of aliphatic hydroxyl groups excluding tert-OH is 1. The lowest BCUT2D eigenvalue weighted by Gasteiger charge is -2.39. The van der Waals surface area contributed by atoms with Crippen molar-refractivity contribution in [3.8, 4) is 5.75 Å². The summed E-state index contributed by atoms with van der Waals surface area (Å²) in [4.78, 5) is 2.71. The molecule has 2 aliphatic rings. The monoisotopic (exact) mass is 318 g/mol. The summed E-state index contributed by atoms with van der Waals surface area (Å²) in [6.07, 6.45) is 9.47. The second-order valence-corrected chi connectivity index (χ2v) is 6.93. The fraction of sp³-hybridized carbons (Fsp3) is 0.684. The summed E-state index contributed by atoms with van der Waals surface area (Å²) < 4.78 is 5.27. The van der Waals surface area contributed by atoms with Crippen LogP contribution in [0.25, 0.3) is 0 Å². The van der Waals surface area contributed by atoms with Crippen molar-refractivity contribution >= 4 is 5.69 Å². The standard InChI is InChI=1S/C19H30N2O2/c1-23-19-8-7-17(13-15(19)14-22)20-16-9-11-21(12-10-16)18-5-3-2-4-6-18/h7-8,13,16,18,20,22H,2-6,9-12,14H2,1H3. The number of likely N-dealkylation sites (tertiary alicyclic amines) is 1. The predicted octanol–water partition coefficient (Wildman–Crippen LogP) is 3.40. The summed E-state index contributed by atoms with van der Waals surface area (Å²) in [6.45, 7) is 2.44. The van der Waals surface area contributed by atoms with Crippen LogP contribution < -0.4 is 10.1 Å². The topological polar surface area (TPSA) is 44.7 Å². The van der Waals surface area contributed by atoms with E-state index in [-0.39, 0.29) is 6.61 Å². The predicted molar refractivity (Wildman–Crippen MR) is 94.0 cm³/mol. The molecule has 1 aromatic rings. The number of ether oxygens (including phenoxy) is 1. The number of hydrogen-bond acceptors (Lipinski definition) is 4. The van der Waals surface area contributed by atoms with Crippen molar-refractivity contribution in [2.24, 2.45) is 0 Å². The number of hydrogen-bond donors (Lipinski definition) is 2. The Labute approximate surface area is 139 Å². The van der Waals surface area contributed by atoms with Gasteiger partial charge in [-0.2, -0.15) is 0 Å². The molecule has 0 amide bonds. The first-order valence-corrected chi connectivity index (χ1v) is 9.08. The first-order chi connectivity index (χ1) is 11.3. The van der Waals surface area contributed by atoms with Gasteiger partial charge in [-0.25, -0.2) is 0 Å². The number of rotatable bonds is 5. The molecule has 0 radical (unpaired) electrons. The molecule has 0 aromatic heterocycles. The molecule has 0 unspecified atom stereocenters. The minimum absolute atomic E-state index is 0.0127. The van der Waals surface area contributed by atoms with Gasteiger partial charge in [0, 0.05) is 36.4 Å². The Morgan fingerprint density at radius 2 is 1.87 bits per heavy atom. The smallest absolute Gasteiger partial charge is 0.124 e. The summed E-state index contributed by atoms with van der Waals surface area (Å²) >= 11 is 0. The van der Waals surface area contributed by atoms with Crippen molar-refractivity contribution in [3.05, 3.63) is 23.8 Å². The molecule has 0 bridgehead atoms. The lowest BCUT2D eigenvalue weighted by Crippen LogP contribution is -2.45. The third-order valence-corrected chi connectivity index (χ3v) is 5.44.